The summed E-state index contributed by atoms with van der Waals surface area (Å²) in [4.78, 5) is 11.5. The molecule has 0 bridgehead atoms. The Bertz CT molecular complexity index is 852. The van der Waals surface area contributed by atoms with E-state index in [0.717, 1.165) is 41.5 Å². The van der Waals surface area contributed by atoms with Gasteiger partial charge in [-0.2, -0.15) is 0 Å². The molecule has 4 heterocycles. The number of rotatable bonds is 4. The summed E-state index contributed by atoms with van der Waals surface area (Å²) in [7, 11) is 2.20. The van der Waals surface area contributed by atoms with Crippen LogP contribution in [0.4, 0.5) is 5.95 Å². The zero-order valence-electron chi connectivity index (χ0n) is 14.9. The molecule has 1 N–H and O–H groups in total. The molecule has 0 spiro atoms. The first kappa shape index (κ1) is 16.1. The van der Waals surface area contributed by atoms with E-state index in [1.54, 1.807) is 6.20 Å². The van der Waals surface area contributed by atoms with Crippen molar-refractivity contribution in [2.75, 3.05) is 25.5 Å². The fourth-order valence-corrected chi connectivity index (χ4v) is 3.53. The summed E-state index contributed by atoms with van der Waals surface area (Å²) in [6.07, 6.45) is 7.20. The summed E-state index contributed by atoms with van der Waals surface area (Å²) in [5.41, 5.74) is 2.00. The summed E-state index contributed by atoms with van der Waals surface area (Å²) in [5.74, 6) is 2.77. The predicted octanol–water partition coefficient (Wildman–Crippen LogP) is 3.28. The number of hydrogen-bond donors (Lipinski definition) is 1. The standard InChI is InChI=1S/C19H25N5O/c1-14-5-6-16(25-14)13-24-18-12-20-9-7-17(18)22-19(24)21-15-4-3-10-23(2)11-8-15/h5-7,9,12,15H,3-4,8,10-11,13H2,1-2H3,(H,21,22). The molecule has 1 aliphatic rings. The molecule has 4 rings (SSSR count). The highest BCUT2D eigenvalue weighted by Crippen LogP contribution is 2.23. The highest BCUT2D eigenvalue weighted by Gasteiger charge is 2.19. The van der Waals surface area contributed by atoms with Gasteiger partial charge in [0.05, 0.1) is 23.8 Å². The Morgan fingerprint density at radius 3 is 3.00 bits per heavy atom. The van der Waals surface area contributed by atoms with Crippen LogP contribution >= 0.6 is 0 Å². The fourth-order valence-electron chi connectivity index (χ4n) is 3.53. The van der Waals surface area contributed by atoms with E-state index in [1.165, 1.54) is 19.4 Å². The molecular weight excluding hydrogens is 314 g/mol. The highest BCUT2D eigenvalue weighted by molar-refractivity contribution is 5.77. The Morgan fingerprint density at radius 1 is 1.24 bits per heavy atom. The third kappa shape index (κ3) is 3.54. The molecule has 132 valence electrons. The predicted molar refractivity (Wildman–Crippen MR) is 98.8 cm³/mol. The molecule has 1 atom stereocenters. The minimum atomic E-state index is 0.451. The largest absolute Gasteiger partial charge is 0.464 e. The van der Waals surface area contributed by atoms with Gasteiger partial charge in [-0.05, 0) is 64.5 Å². The molecule has 3 aromatic rings. The van der Waals surface area contributed by atoms with Crippen LogP contribution in [0.1, 0.15) is 30.8 Å². The lowest BCUT2D eigenvalue weighted by molar-refractivity contribution is 0.348. The molecule has 6 heteroatoms. The van der Waals surface area contributed by atoms with Crippen LogP contribution in [0.3, 0.4) is 0 Å². The van der Waals surface area contributed by atoms with Crippen LogP contribution in [0.15, 0.2) is 35.0 Å². The fraction of sp³-hybridized carbons (Fsp3) is 0.474. The number of anilines is 1. The van der Waals surface area contributed by atoms with E-state index >= 15 is 0 Å². The summed E-state index contributed by atoms with van der Waals surface area (Å²) in [6.45, 7) is 4.92. The molecule has 1 aliphatic heterocycles. The molecule has 0 amide bonds. The van der Waals surface area contributed by atoms with Crippen molar-refractivity contribution in [1.82, 2.24) is 19.4 Å². The van der Waals surface area contributed by atoms with Gasteiger partial charge in [0.25, 0.3) is 0 Å². The van der Waals surface area contributed by atoms with Crippen LogP contribution in [-0.2, 0) is 6.54 Å². The third-order valence-electron chi connectivity index (χ3n) is 4.95. The van der Waals surface area contributed by atoms with Gasteiger partial charge in [-0.3, -0.25) is 4.98 Å². The zero-order chi connectivity index (χ0) is 17.2. The Labute approximate surface area is 147 Å². The van der Waals surface area contributed by atoms with Gasteiger partial charge in [0.1, 0.15) is 11.5 Å². The van der Waals surface area contributed by atoms with Crippen LogP contribution < -0.4 is 5.32 Å². The van der Waals surface area contributed by atoms with Gasteiger partial charge in [0, 0.05) is 12.2 Å². The summed E-state index contributed by atoms with van der Waals surface area (Å²) >= 11 is 0. The number of aromatic nitrogens is 3. The Balaban J connectivity index is 1.64. The number of hydrogen-bond acceptors (Lipinski definition) is 5. The lowest BCUT2D eigenvalue weighted by atomic mass is 10.1. The first-order valence-electron chi connectivity index (χ1n) is 9.00. The topological polar surface area (TPSA) is 59.1 Å². The van der Waals surface area contributed by atoms with Crippen LogP contribution in [-0.4, -0.2) is 45.6 Å². The van der Waals surface area contributed by atoms with Crippen molar-refractivity contribution in [3.63, 3.8) is 0 Å². The van der Waals surface area contributed by atoms with Crippen molar-refractivity contribution in [3.8, 4) is 0 Å². The highest BCUT2D eigenvalue weighted by atomic mass is 16.3. The maximum atomic E-state index is 5.78. The van der Waals surface area contributed by atoms with Crippen LogP contribution in [0.5, 0.6) is 0 Å². The Hall–Kier alpha value is -2.34. The minimum Gasteiger partial charge on any atom is -0.464 e. The van der Waals surface area contributed by atoms with Gasteiger partial charge in [0.15, 0.2) is 0 Å². The quantitative estimate of drug-likeness (QED) is 0.790. The molecule has 0 aromatic carbocycles. The minimum absolute atomic E-state index is 0.451. The molecule has 3 aromatic heterocycles. The van der Waals surface area contributed by atoms with Crippen molar-refractivity contribution in [1.29, 1.82) is 0 Å². The second-order valence-corrected chi connectivity index (χ2v) is 6.97. The number of likely N-dealkylation sites (tertiary alicyclic amines) is 1. The summed E-state index contributed by atoms with van der Waals surface area (Å²) < 4.78 is 7.96. The smallest absolute Gasteiger partial charge is 0.204 e. The second-order valence-electron chi connectivity index (χ2n) is 6.97. The van der Waals surface area contributed by atoms with E-state index in [4.69, 9.17) is 9.40 Å². The van der Waals surface area contributed by atoms with Crippen LogP contribution in [0.2, 0.25) is 0 Å². The SMILES string of the molecule is Cc1ccc(Cn2c(NC3CCCN(C)CC3)nc3ccncc32)o1. The molecule has 0 aliphatic carbocycles. The first-order chi connectivity index (χ1) is 12.2. The van der Waals surface area contributed by atoms with E-state index in [9.17, 15) is 0 Å². The van der Waals surface area contributed by atoms with E-state index in [0.29, 0.717) is 12.6 Å². The number of nitrogens with one attached hydrogen (secondary N) is 1. The maximum Gasteiger partial charge on any atom is 0.204 e. The Morgan fingerprint density at radius 2 is 2.16 bits per heavy atom. The molecule has 1 unspecified atom stereocenters. The van der Waals surface area contributed by atoms with E-state index in [2.05, 4.69) is 26.8 Å². The first-order valence-corrected chi connectivity index (χ1v) is 9.00. The third-order valence-corrected chi connectivity index (χ3v) is 4.95. The van der Waals surface area contributed by atoms with Crippen molar-refractivity contribution in [2.24, 2.45) is 0 Å². The molecule has 1 fully saturated rings. The molecule has 6 nitrogen and oxygen atoms in total. The number of pyridine rings is 1. The zero-order valence-corrected chi connectivity index (χ0v) is 14.9. The van der Waals surface area contributed by atoms with Crippen molar-refractivity contribution in [2.45, 2.75) is 38.8 Å². The van der Waals surface area contributed by atoms with Crippen LogP contribution in [0, 0.1) is 6.92 Å². The average molecular weight is 339 g/mol. The van der Waals surface area contributed by atoms with E-state index in [1.807, 2.05) is 31.3 Å². The number of furan rings is 1. The van der Waals surface area contributed by atoms with Gasteiger partial charge in [0.2, 0.25) is 5.95 Å². The Kier molecular flexibility index (Phi) is 4.44. The monoisotopic (exact) mass is 339 g/mol. The number of aryl methyl sites for hydroxylation is 1. The van der Waals surface area contributed by atoms with E-state index < -0.39 is 0 Å². The van der Waals surface area contributed by atoms with Crippen molar-refractivity contribution >= 4 is 17.0 Å². The molecule has 25 heavy (non-hydrogen) atoms. The van der Waals surface area contributed by atoms with Gasteiger partial charge in [-0.25, -0.2) is 4.98 Å². The second kappa shape index (κ2) is 6.88. The lowest BCUT2D eigenvalue weighted by Gasteiger charge is -2.18. The lowest BCUT2D eigenvalue weighted by Crippen LogP contribution is -2.24. The number of fused-ring (bicyclic) bond motifs is 1. The van der Waals surface area contributed by atoms with Gasteiger partial charge >= 0.3 is 0 Å². The number of nitrogens with zero attached hydrogens (tertiary/aromatic N) is 4. The molecular formula is C19H25N5O. The van der Waals surface area contributed by atoms with Crippen LogP contribution in [0.25, 0.3) is 11.0 Å². The maximum absolute atomic E-state index is 5.78. The van der Waals surface area contributed by atoms with Gasteiger partial charge in [-0.15, -0.1) is 0 Å². The van der Waals surface area contributed by atoms with E-state index in [-0.39, 0.29) is 0 Å². The normalized spacial score (nSPS) is 19.2. The van der Waals surface area contributed by atoms with Gasteiger partial charge in [-0.1, -0.05) is 0 Å². The molecule has 1 saturated heterocycles. The van der Waals surface area contributed by atoms with Crippen molar-refractivity contribution < 1.29 is 4.42 Å². The summed E-state index contributed by atoms with van der Waals surface area (Å²) in [5, 5.41) is 3.68. The van der Waals surface area contributed by atoms with Crippen molar-refractivity contribution in [3.05, 3.63) is 42.1 Å². The number of imidazole rings is 1. The summed E-state index contributed by atoms with van der Waals surface area (Å²) in [6, 6.07) is 6.44. The average Bonchev–Trinajstić information content (AvgIpc) is 3.09. The van der Waals surface area contributed by atoms with Gasteiger partial charge < -0.3 is 19.2 Å². The molecule has 0 saturated carbocycles. The molecule has 0 radical (unpaired) electrons.